The highest BCUT2D eigenvalue weighted by molar-refractivity contribution is 5.81. The van der Waals surface area contributed by atoms with Crippen molar-refractivity contribution in [1.82, 2.24) is 19.2 Å². The Bertz CT molecular complexity index is 866. The van der Waals surface area contributed by atoms with Crippen molar-refractivity contribution in [3.8, 4) is 0 Å². The lowest BCUT2D eigenvalue weighted by Gasteiger charge is -2.45. The number of hydrogen-bond donors (Lipinski definition) is 0. The summed E-state index contributed by atoms with van der Waals surface area (Å²) in [4.78, 5) is 16.0. The van der Waals surface area contributed by atoms with Crippen LogP contribution in [0, 0.1) is 0 Å². The molecule has 0 amide bonds. The number of aromatic nitrogens is 3. The summed E-state index contributed by atoms with van der Waals surface area (Å²) in [7, 11) is 1.98. The molecule has 1 saturated heterocycles. The summed E-state index contributed by atoms with van der Waals surface area (Å²) in [6.45, 7) is 2.06. The Kier molecular flexibility index (Phi) is 4.15. The van der Waals surface area contributed by atoms with Crippen molar-refractivity contribution in [1.29, 1.82) is 0 Å². The number of aryl methyl sites for hydroxylation is 2. The minimum absolute atomic E-state index is 0.265. The molecule has 2 aliphatic carbocycles. The van der Waals surface area contributed by atoms with Gasteiger partial charge in [0.05, 0.1) is 12.2 Å². The fourth-order valence-electron chi connectivity index (χ4n) is 5.52. The van der Waals surface area contributed by atoms with Crippen LogP contribution in [-0.2, 0) is 19.9 Å². The SMILES string of the molecule is Cn1ncc2c3c(c(=O)n(C4CN(C5CCCCCC5)C4)c21)CCCC3. The maximum absolute atomic E-state index is 13.4. The van der Waals surface area contributed by atoms with Crippen LogP contribution in [0.2, 0.25) is 0 Å². The number of rotatable bonds is 2. The minimum atomic E-state index is 0.265. The van der Waals surface area contributed by atoms with Gasteiger partial charge in [0.1, 0.15) is 5.65 Å². The Morgan fingerprint density at radius 3 is 2.35 bits per heavy atom. The lowest BCUT2D eigenvalue weighted by molar-refractivity contribution is 0.0514. The maximum Gasteiger partial charge on any atom is 0.256 e. The van der Waals surface area contributed by atoms with Gasteiger partial charge in [-0.3, -0.25) is 18.9 Å². The molecule has 0 bridgehead atoms. The van der Waals surface area contributed by atoms with Gasteiger partial charge in [0.2, 0.25) is 0 Å². The van der Waals surface area contributed by atoms with Crippen molar-refractivity contribution >= 4 is 11.0 Å². The molecule has 5 heteroatoms. The predicted octanol–water partition coefficient (Wildman–Crippen LogP) is 3.19. The van der Waals surface area contributed by atoms with Crippen molar-refractivity contribution < 1.29 is 0 Å². The van der Waals surface area contributed by atoms with E-state index in [2.05, 4.69) is 14.6 Å². The van der Waals surface area contributed by atoms with E-state index in [9.17, 15) is 4.79 Å². The highest BCUT2D eigenvalue weighted by atomic mass is 16.1. The highest BCUT2D eigenvalue weighted by Crippen LogP contribution is 2.33. The van der Waals surface area contributed by atoms with Crippen LogP contribution >= 0.6 is 0 Å². The quantitative estimate of drug-likeness (QED) is 0.778. The predicted molar refractivity (Wildman–Crippen MR) is 104 cm³/mol. The van der Waals surface area contributed by atoms with Crippen molar-refractivity contribution in [2.45, 2.75) is 76.3 Å². The van der Waals surface area contributed by atoms with Crippen LogP contribution in [0.15, 0.2) is 11.0 Å². The molecule has 0 aromatic carbocycles. The second-order valence-electron chi connectivity index (χ2n) is 8.60. The topological polar surface area (TPSA) is 43.1 Å². The highest BCUT2D eigenvalue weighted by Gasteiger charge is 2.36. The van der Waals surface area contributed by atoms with E-state index in [1.807, 2.05) is 17.9 Å². The monoisotopic (exact) mass is 354 g/mol. The third-order valence-electron chi connectivity index (χ3n) is 7.00. The number of pyridine rings is 1. The van der Waals surface area contributed by atoms with Crippen molar-refractivity contribution in [2.24, 2.45) is 7.05 Å². The van der Waals surface area contributed by atoms with Gasteiger partial charge in [-0.2, -0.15) is 5.10 Å². The first kappa shape index (κ1) is 16.5. The minimum Gasteiger partial charge on any atom is -0.296 e. The first-order chi connectivity index (χ1) is 12.7. The molecule has 3 aliphatic rings. The number of likely N-dealkylation sites (tertiary alicyclic amines) is 1. The first-order valence-electron chi connectivity index (χ1n) is 10.6. The van der Waals surface area contributed by atoms with Crippen LogP contribution in [0.3, 0.4) is 0 Å². The molecule has 1 aliphatic heterocycles. The van der Waals surface area contributed by atoms with E-state index in [1.165, 1.54) is 55.9 Å². The fraction of sp³-hybridized carbons (Fsp3) is 0.714. The number of fused-ring (bicyclic) bond motifs is 3. The molecule has 5 nitrogen and oxygen atoms in total. The van der Waals surface area contributed by atoms with E-state index in [-0.39, 0.29) is 5.56 Å². The molecule has 0 spiro atoms. The molecule has 0 radical (unpaired) electrons. The molecule has 3 heterocycles. The van der Waals surface area contributed by atoms with Gasteiger partial charge in [-0.15, -0.1) is 0 Å². The van der Waals surface area contributed by atoms with E-state index in [0.29, 0.717) is 6.04 Å². The summed E-state index contributed by atoms with van der Waals surface area (Å²) < 4.78 is 4.01. The van der Waals surface area contributed by atoms with E-state index in [0.717, 1.165) is 49.6 Å². The third kappa shape index (κ3) is 2.55. The van der Waals surface area contributed by atoms with Crippen LogP contribution in [0.25, 0.3) is 11.0 Å². The maximum atomic E-state index is 13.4. The Morgan fingerprint density at radius 1 is 0.923 bits per heavy atom. The van der Waals surface area contributed by atoms with E-state index in [4.69, 9.17) is 0 Å². The molecule has 5 rings (SSSR count). The number of nitrogens with zero attached hydrogens (tertiary/aromatic N) is 4. The van der Waals surface area contributed by atoms with E-state index >= 15 is 0 Å². The molecular weight excluding hydrogens is 324 g/mol. The Hall–Kier alpha value is -1.62. The largest absolute Gasteiger partial charge is 0.296 e. The van der Waals surface area contributed by atoms with Gasteiger partial charge >= 0.3 is 0 Å². The van der Waals surface area contributed by atoms with E-state index in [1.54, 1.807) is 0 Å². The van der Waals surface area contributed by atoms with Gasteiger partial charge in [-0.05, 0) is 44.1 Å². The lowest BCUT2D eigenvalue weighted by atomic mass is 9.90. The van der Waals surface area contributed by atoms with Crippen molar-refractivity contribution in [2.75, 3.05) is 13.1 Å². The zero-order valence-electron chi connectivity index (χ0n) is 15.9. The van der Waals surface area contributed by atoms with Gasteiger partial charge in [-0.25, -0.2) is 0 Å². The molecule has 26 heavy (non-hydrogen) atoms. The third-order valence-corrected chi connectivity index (χ3v) is 7.00. The van der Waals surface area contributed by atoms with E-state index < -0.39 is 0 Å². The van der Waals surface area contributed by atoms with Gasteiger partial charge < -0.3 is 0 Å². The van der Waals surface area contributed by atoms with Crippen LogP contribution in [0.5, 0.6) is 0 Å². The van der Waals surface area contributed by atoms with Gasteiger partial charge in [0.25, 0.3) is 5.56 Å². The standard InChI is InChI=1S/C21H30N4O/c1-23-20-19(12-22-23)17-10-6-7-11-18(17)21(26)25(20)16-13-24(14-16)15-8-4-2-3-5-9-15/h12,15-16H,2-11,13-14H2,1H3. The zero-order valence-corrected chi connectivity index (χ0v) is 15.9. The summed E-state index contributed by atoms with van der Waals surface area (Å²) in [6.07, 6.45) is 14.5. The second-order valence-corrected chi connectivity index (χ2v) is 8.60. The average Bonchev–Trinajstić information content (AvgIpc) is 2.82. The summed E-state index contributed by atoms with van der Waals surface area (Å²) in [5.74, 6) is 0. The second kappa shape index (κ2) is 6.52. The molecule has 2 fully saturated rings. The Balaban J connectivity index is 1.49. The Morgan fingerprint density at radius 2 is 1.62 bits per heavy atom. The smallest absolute Gasteiger partial charge is 0.256 e. The average molecular weight is 354 g/mol. The molecule has 0 N–H and O–H groups in total. The molecular formula is C21H30N4O. The van der Waals surface area contributed by atoms with Crippen LogP contribution in [0.4, 0.5) is 0 Å². The van der Waals surface area contributed by atoms with Gasteiger partial charge in [0.15, 0.2) is 0 Å². The molecule has 1 saturated carbocycles. The normalized spacial score (nSPS) is 23.0. The molecule has 140 valence electrons. The number of hydrogen-bond acceptors (Lipinski definition) is 3. The summed E-state index contributed by atoms with van der Waals surface area (Å²) in [5, 5.41) is 5.73. The van der Waals surface area contributed by atoms with Gasteiger partial charge in [0, 0.05) is 37.1 Å². The van der Waals surface area contributed by atoms with Crippen LogP contribution < -0.4 is 5.56 Å². The lowest BCUT2D eigenvalue weighted by Crippen LogP contribution is -2.55. The van der Waals surface area contributed by atoms with Crippen LogP contribution in [-0.4, -0.2) is 38.4 Å². The fourth-order valence-corrected chi connectivity index (χ4v) is 5.52. The molecule has 2 aromatic rings. The zero-order chi connectivity index (χ0) is 17.7. The molecule has 0 unspecified atom stereocenters. The van der Waals surface area contributed by atoms with Gasteiger partial charge in [-0.1, -0.05) is 25.7 Å². The summed E-state index contributed by atoms with van der Waals surface area (Å²) in [5.41, 5.74) is 3.66. The first-order valence-corrected chi connectivity index (χ1v) is 10.6. The van der Waals surface area contributed by atoms with Crippen LogP contribution in [0.1, 0.15) is 68.5 Å². The molecule has 0 atom stereocenters. The Labute approximate surface area is 155 Å². The summed E-state index contributed by atoms with van der Waals surface area (Å²) >= 11 is 0. The van der Waals surface area contributed by atoms with Crippen molar-refractivity contribution in [3.05, 3.63) is 27.7 Å². The van der Waals surface area contributed by atoms with Crippen molar-refractivity contribution in [3.63, 3.8) is 0 Å². The summed E-state index contributed by atoms with van der Waals surface area (Å²) in [6, 6.07) is 1.06. The molecule has 2 aromatic heterocycles.